The summed E-state index contributed by atoms with van der Waals surface area (Å²) in [6.07, 6.45) is 5.42. The number of nitrogens with one attached hydrogen (secondary N) is 1. The van der Waals surface area contributed by atoms with Crippen molar-refractivity contribution in [1.29, 1.82) is 0 Å². The zero-order valence-corrected chi connectivity index (χ0v) is 12.4. The van der Waals surface area contributed by atoms with E-state index in [0.717, 1.165) is 12.8 Å². The van der Waals surface area contributed by atoms with Crippen molar-refractivity contribution in [3.05, 3.63) is 15.8 Å². The highest BCUT2D eigenvalue weighted by molar-refractivity contribution is 7.99. The summed E-state index contributed by atoms with van der Waals surface area (Å²) in [7, 11) is 0. The summed E-state index contributed by atoms with van der Waals surface area (Å²) in [6.45, 7) is 4.27. The lowest BCUT2D eigenvalue weighted by molar-refractivity contribution is -0.384. The van der Waals surface area contributed by atoms with Gasteiger partial charge in [0.1, 0.15) is 5.69 Å². The Morgan fingerprint density at radius 2 is 2.32 bits per heavy atom. The van der Waals surface area contributed by atoms with Crippen LogP contribution in [0.3, 0.4) is 0 Å². The van der Waals surface area contributed by atoms with Crippen LogP contribution in [-0.2, 0) is 6.54 Å². The van der Waals surface area contributed by atoms with E-state index in [-0.39, 0.29) is 10.6 Å². The molecule has 0 bridgehead atoms. The van der Waals surface area contributed by atoms with Crippen molar-refractivity contribution in [2.24, 2.45) is 0 Å². The molecule has 1 aromatic rings. The smallest absolute Gasteiger partial charge is 0.333 e. The normalized spacial score (nSPS) is 22.7. The summed E-state index contributed by atoms with van der Waals surface area (Å²) in [5.74, 6) is 0.566. The van der Waals surface area contributed by atoms with E-state index in [4.69, 9.17) is 0 Å². The van der Waals surface area contributed by atoms with E-state index in [0.29, 0.717) is 29.3 Å². The second kappa shape index (κ2) is 5.81. The summed E-state index contributed by atoms with van der Waals surface area (Å²) in [6, 6.07) is 0.317. The summed E-state index contributed by atoms with van der Waals surface area (Å²) < 4.78 is 1.69. The fourth-order valence-corrected chi connectivity index (χ4v) is 3.44. The van der Waals surface area contributed by atoms with Gasteiger partial charge in [-0.25, -0.2) is 4.68 Å². The van der Waals surface area contributed by atoms with Gasteiger partial charge in [-0.3, -0.25) is 10.1 Å². The van der Waals surface area contributed by atoms with Gasteiger partial charge in [0.05, 0.1) is 4.92 Å². The molecule has 1 fully saturated rings. The molecule has 1 heterocycles. The van der Waals surface area contributed by atoms with Crippen molar-refractivity contribution < 1.29 is 4.92 Å². The fraction of sp³-hybridized carbons (Fsp3) is 0.750. The van der Waals surface area contributed by atoms with Crippen LogP contribution in [0.2, 0.25) is 0 Å². The highest BCUT2D eigenvalue weighted by atomic mass is 32.2. The Balaban J connectivity index is 2.21. The molecule has 6 nitrogen and oxygen atoms in total. The molecule has 0 spiro atoms. The van der Waals surface area contributed by atoms with Gasteiger partial charge in [0.15, 0.2) is 0 Å². The predicted molar refractivity (Wildman–Crippen MR) is 77.9 cm³/mol. The van der Waals surface area contributed by atoms with Crippen LogP contribution < -0.4 is 5.32 Å². The number of anilines is 1. The van der Waals surface area contributed by atoms with E-state index >= 15 is 0 Å². The van der Waals surface area contributed by atoms with Crippen LogP contribution in [0, 0.1) is 17.0 Å². The lowest BCUT2D eigenvalue weighted by Crippen LogP contribution is -2.19. The van der Waals surface area contributed by atoms with Crippen molar-refractivity contribution in [3.63, 3.8) is 0 Å². The lowest BCUT2D eigenvalue weighted by Gasteiger charge is -2.14. The number of hydrogen-bond acceptors (Lipinski definition) is 5. The third-order valence-corrected chi connectivity index (χ3v) is 4.73. The Morgan fingerprint density at radius 1 is 1.58 bits per heavy atom. The summed E-state index contributed by atoms with van der Waals surface area (Å²) in [5.41, 5.74) is 0.600. The first kappa shape index (κ1) is 14.2. The first-order valence-electron chi connectivity index (χ1n) is 6.57. The molecule has 1 aliphatic rings. The molecular weight excluding hydrogens is 264 g/mol. The predicted octanol–water partition coefficient (Wildman–Crippen LogP) is 2.82. The minimum Gasteiger partial charge on any atom is -0.362 e. The SMILES string of the molecule is CCn1nc(C)c([N+](=O)[O-])c1NC1CCC(SC)C1. The molecule has 2 unspecified atom stereocenters. The summed E-state index contributed by atoms with van der Waals surface area (Å²) in [5, 5.41) is 19.4. The van der Waals surface area contributed by atoms with Gasteiger partial charge >= 0.3 is 5.69 Å². The quantitative estimate of drug-likeness (QED) is 0.665. The maximum Gasteiger partial charge on any atom is 0.333 e. The molecule has 1 aliphatic carbocycles. The number of aryl methyl sites for hydroxylation is 2. The maximum absolute atomic E-state index is 11.2. The van der Waals surface area contributed by atoms with Gasteiger partial charge in [0.25, 0.3) is 0 Å². The van der Waals surface area contributed by atoms with Crippen LogP contribution in [0.15, 0.2) is 0 Å². The van der Waals surface area contributed by atoms with Crippen molar-refractivity contribution in [3.8, 4) is 0 Å². The topological polar surface area (TPSA) is 73.0 Å². The molecule has 1 N–H and O–H groups in total. The largest absolute Gasteiger partial charge is 0.362 e. The van der Waals surface area contributed by atoms with E-state index in [9.17, 15) is 10.1 Å². The Kier molecular flexibility index (Phi) is 4.34. The summed E-state index contributed by atoms with van der Waals surface area (Å²) >= 11 is 1.88. The monoisotopic (exact) mass is 284 g/mol. The fourth-order valence-electron chi connectivity index (χ4n) is 2.64. The second-order valence-electron chi connectivity index (χ2n) is 4.87. The standard InChI is InChI=1S/C12H20N4O2S/c1-4-15-12(11(16(17)18)8(2)14-15)13-9-5-6-10(7-9)19-3/h9-10,13H,4-7H2,1-3H3. The van der Waals surface area contributed by atoms with E-state index in [1.165, 1.54) is 6.42 Å². The van der Waals surface area contributed by atoms with E-state index in [1.54, 1.807) is 11.6 Å². The zero-order valence-electron chi connectivity index (χ0n) is 11.5. The zero-order chi connectivity index (χ0) is 14.0. The van der Waals surface area contributed by atoms with Gasteiger partial charge in [-0.1, -0.05) is 0 Å². The molecular formula is C12H20N4O2S. The number of thioether (sulfide) groups is 1. The highest BCUT2D eigenvalue weighted by Crippen LogP contribution is 2.34. The van der Waals surface area contributed by atoms with E-state index < -0.39 is 0 Å². The molecule has 1 saturated carbocycles. The Hall–Kier alpha value is -1.24. The molecule has 0 saturated heterocycles. The Bertz CT molecular complexity index is 475. The first-order chi connectivity index (χ1) is 9.06. The van der Waals surface area contributed by atoms with Crippen molar-refractivity contribution in [1.82, 2.24) is 9.78 Å². The molecule has 0 aliphatic heterocycles. The maximum atomic E-state index is 11.2. The molecule has 0 aromatic carbocycles. The van der Waals surface area contributed by atoms with Crippen LogP contribution in [0.25, 0.3) is 0 Å². The van der Waals surface area contributed by atoms with Gasteiger partial charge in [0, 0.05) is 17.8 Å². The van der Waals surface area contributed by atoms with E-state index in [1.807, 2.05) is 18.7 Å². The third kappa shape index (κ3) is 2.86. The molecule has 0 radical (unpaired) electrons. The molecule has 1 aromatic heterocycles. The third-order valence-electron chi connectivity index (χ3n) is 3.64. The first-order valence-corrected chi connectivity index (χ1v) is 7.86. The molecule has 0 amide bonds. The van der Waals surface area contributed by atoms with E-state index in [2.05, 4.69) is 16.7 Å². The second-order valence-corrected chi connectivity index (χ2v) is 6.01. The average Bonchev–Trinajstić information content (AvgIpc) is 2.94. The van der Waals surface area contributed by atoms with Crippen molar-refractivity contribution >= 4 is 23.3 Å². The van der Waals surface area contributed by atoms with Gasteiger partial charge < -0.3 is 5.32 Å². The average molecular weight is 284 g/mol. The minimum atomic E-state index is -0.335. The number of nitrogens with zero attached hydrogens (tertiary/aromatic N) is 3. The van der Waals surface area contributed by atoms with Crippen LogP contribution in [-0.4, -0.2) is 32.3 Å². The van der Waals surface area contributed by atoms with Gasteiger partial charge in [-0.15, -0.1) is 0 Å². The van der Waals surface area contributed by atoms with Crippen LogP contribution >= 0.6 is 11.8 Å². The van der Waals surface area contributed by atoms with Crippen LogP contribution in [0.5, 0.6) is 0 Å². The minimum absolute atomic E-state index is 0.120. The summed E-state index contributed by atoms with van der Waals surface area (Å²) in [4.78, 5) is 10.8. The van der Waals surface area contributed by atoms with Gasteiger partial charge in [-0.05, 0) is 39.4 Å². The lowest BCUT2D eigenvalue weighted by atomic mass is 10.2. The van der Waals surface area contributed by atoms with Crippen LogP contribution in [0.1, 0.15) is 31.9 Å². The van der Waals surface area contributed by atoms with Gasteiger partial charge in [-0.2, -0.15) is 16.9 Å². The molecule has 7 heteroatoms. The number of aromatic nitrogens is 2. The molecule has 2 rings (SSSR count). The van der Waals surface area contributed by atoms with Crippen molar-refractivity contribution in [2.75, 3.05) is 11.6 Å². The molecule has 2 atom stereocenters. The van der Waals surface area contributed by atoms with Crippen molar-refractivity contribution in [2.45, 2.75) is 50.9 Å². The number of nitro groups is 1. The molecule has 19 heavy (non-hydrogen) atoms. The van der Waals surface area contributed by atoms with Gasteiger partial charge in [0.2, 0.25) is 5.82 Å². The Morgan fingerprint density at radius 3 is 2.84 bits per heavy atom. The number of rotatable bonds is 5. The van der Waals surface area contributed by atoms with Crippen LogP contribution in [0.4, 0.5) is 11.5 Å². The number of hydrogen-bond donors (Lipinski definition) is 1. The Labute approximate surface area is 117 Å². The molecule has 106 valence electrons. The highest BCUT2D eigenvalue weighted by Gasteiger charge is 2.30.